The molecular formula is C25H24Cl2N2O3. The van der Waals surface area contributed by atoms with Crippen LogP contribution in [0.15, 0.2) is 54.6 Å². The zero-order valence-corrected chi connectivity index (χ0v) is 19.2. The van der Waals surface area contributed by atoms with Crippen LogP contribution in [0.3, 0.4) is 0 Å². The monoisotopic (exact) mass is 470 g/mol. The Labute approximate surface area is 197 Å². The van der Waals surface area contributed by atoms with Crippen molar-refractivity contribution in [3.63, 3.8) is 0 Å². The minimum atomic E-state index is -0.261. The summed E-state index contributed by atoms with van der Waals surface area (Å²) >= 11 is 12.2. The Hall–Kier alpha value is -2.73. The number of fused-ring (bicyclic) bond motifs is 1. The highest BCUT2D eigenvalue weighted by atomic mass is 35.5. The van der Waals surface area contributed by atoms with Crippen LogP contribution in [0.5, 0.6) is 11.5 Å². The standard InChI is InChI=1S/C25H24Cl2N2O3/c1-32-23-12-16-9-10-29(15-19(16)11-22(23)30)14-18-6-3-2-5-17(18)13-28-25(31)20-7-4-8-21(26)24(20)27/h2-8,11-12,30H,9-10,13-15H2,1H3,(H,28,31). The normalized spacial score (nSPS) is 13.5. The zero-order valence-electron chi connectivity index (χ0n) is 17.7. The van der Waals surface area contributed by atoms with Gasteiger partial charge in [-0.25, -0.2) is 0 Å². The van der Waals surface area contributed by atoms with E-state index in [0.717, 1.165) is 42.7 Å². The highest BCUT2D eigenvalue weighted by Crippen LogP contribution is 2.33. The van der Waals surface area contributed by atoms with Gasteiger partial charge in [-0.1, -0.05) is 53.5 Å². The zero-order chi connectivity index (χ0) is 22.7. The molecule has 5 nitrogen and oxygen atoms in total. The Balaban J connectivity index is 1.44. The summed E-state index contributed by atoms with van der Waals surface area (Å²) < 4.78 is 5.23. The van der Waals surface area contributed by atoms with Crippen molar-refractivity contribution in [2.45, 2.75) is 26.1 Å². The average Bonchev–Trinajstić information content (AvgIpc) is 2.79. The fourth-order valence-corrected chi connectivity index (χ4v) is 4.39. The molecule has 1 aliphatic rings. The van der Waals surface area contributed by atoms with Gasteiger partial charge in [0.25, 0.3) is 5.91 Å². The van der Waals surface area contributed by atoms with E-state index in [4.69, 9.17) is 27.9 Å². The van der Waals surface area contributed by atoms with E-state index in [0.29, 0.717) is 22.9 Å². The van der Waals surface area contributed by atoms with Crippen molar-refractivity contribution in [2.24, 2.45) is 0 Å². The number of hydrogen-bond donors (Lipinski definition) is 2. The van der Waals surface area contributed by atoms with Gasteiger partial charge in [-0.05, 0) is 52.9 Å². The first kappa shape index (κ1) is 22.5. The first-order valence-electron chi connectivity index (χ1n) is 10.4. The molecule has 4 rings (SSSR count). The molecule has 0 radical (unpaired) electrons. The minimum absolute atomic E-state index is 0.163. The van der Waals surface area contributed by atoms with E-state index in [1.54, 1.807) is 31.4 Å². The molecule has 1 amide bonds. The van der Waals surface area contributed by atoms with Crippen LogP contribution in [0.25, 0.3) is 0 Å². The van der Waals surface area contributed by atoms with Crippen molar-refractivity contribution in [3.8, 4) is 11.5 Å². The topological polar surface area (TPSA) is 61.8 Å². The molecule has 166 valence electrons. The van der Waals surface area contributed by atoms with Gasteiger partial charge in [0, 0.05) is 26.2 Å². The average molecular weight is 471 g/mol. The maximum Gasteiger partial charge on any atom is 0.253 e. The molecule has 0 fully saturated rings. The maximum absolute atomic E-state index is 12.6. The fraction of sp³-hybridized carbons (Fsp3) is 0.240. The van der Waals surface area contributed by atoms with E-state index in [1.165, 1.54) is 5.56 Å². The Kier molecular flexibility index (Phi) is 6.89. The van der Waals surface area contributed by atoms with Crippen LogP contribution in [0, 0.1) is 0 Å². The first-order chi connectivity index (χ1) is 15.5. The second-order valence-electron chi connectivity index (χ2n) is 7.81. The smallest absolute Gasteiger partial charge is 0.253 e. The number of methoxy groups -OCH3 is 1. The van der Waals surface area contributed by atoms with E-state index in [2.05, 4.69) is 16.3 Å². The van der Waals surface area contributed by atoms with Crippen LogP contribution >= 0.6 is 23.2 Å². The van der Waals surface area contributed by atoms with Crippen molar-refractivity contribution >= 4 is 29.1 Å². The van der Waals surface area contributed by atoms with Crippen LogP contribution in [0.1, 0.15) is 32.6 Å². The molecule has 0 saturated heterocycles. The number of rotatable bonds is 6. The van der Waals surface area contributed by atoms with E-state index in [1.807, 2.05) is 24.3 Å². The summed E-state index contributed by atoms with van der Waals surface area (Å²) in [5, 5.41) is 13.7. The summed E-state index contributed by atoms with van der Waals surface area (Å²) in [6.07, 6.45) is 0.887. The van der Waals surface area contributed by atoms with Crippen LogP contribution in [0.4, 0.5) is 0 Å². The second kappa shape index (κ2) is 9.82. The Morgan fingerprint density at radius 2 is 1.88 bits per heavy atom. The van der Waals surface area contributed by atoms with E-state index < -0.39 is 0 Å². The first-order valence-corrected chi connectivity index (χ1v) is 11.1. The molecule has 0 unspecified atom stereocenters. The summed E-state index contributed by atoms with van der Waals surface area (Å²) in [6, 6.07) is 16.8. The molecular weight excluding hydrogens is 447 g/mol. The predicted octanol–water partition coefficient (Wildman–Crippen LogP) is 5.20. The van der Waals surface area contributed by atoms with Gasteiger partial charge in [0.1, 0.15) is 0 Å². The van der Waals surface area contributed by atoms with Gasteiger partial charge < -0.3 is 15.2 Å². The summed E-state index contributed by atoms with van der Waals surface area (Å²) in [5.74, 6) is 0.414. The van der Waals surface area contributed by atoms with Crippen molar-refractivity contribution in [3.05, 3.63) is 92.5 Å². The van der Waals surface area contributed by atoms with Crippen molar-refractivity contribution in [1.29, 1.82) is 0 Å². The lowest BCUT2D eigenvalue weighted by Crippen LogP contribution is -2.31. The molecule has 0 atom stereocenters. The SMILES string of the molecule is COc1cc2c(cc1O)CN(Cc1ccccc1CNC(=O)c1cccc(Cl)c1Cl)CC2. The molecule has 0 aliphatic carbocycles. The number of carbonyl (C=O) groups is 1. The van der Waals surface area contributed by atoms with Gasteiger partial charge in [-0.3, -0.25) is 9.69 Å². The molecule has 3 aromatic rings. The third kappa shape index (κ3) is 4.85. The Morgan fingerprint density at radius 1 is 1.09 bits per heavy atom. The number of ether oxygens (including phenoxy) is 1. The molecule has 0 aromatic heterocycles. The Morgan fingerprint density at radius 3 is 2.66 bits per heavy atom. The van der Waals surface area contributed by atoms with Gasteiger partial charge in [-0.2, -0.15) is 0 Å². The molecule has 1 aliphatic heterocycles. The number of halogens is 2. The predicted molar refractivity (Wildman–Crippen MR) is 127 cm³/mol. The Bertz CT molecular complexity index is 1150. The van der Waals surface area contributed by atoms with Crippen molar-refractivity contribution in [2.75, 3.05) is 13.7 Å². The second-order valence-corrected chi connectivity index (χ2v) is 8.59. The van der Waals surface area contributed by atoms with Crippen molar-refractivity contribution < 1.29 is 14.6 Å². The van der Waals surface area contributed by atoms with Crippen LogP contribution in [0.2, 0.25) is 10.0 Å². The molecule has 32 heavy (non-hydrogen) atoms. The lowest BCUT2D eigenvalue weighted by Gasteiger charge is -2.30. The molecule has 7 heteroatoms. The summed E-state index contributed by atoms with van der Waals surface area (Å²) in [6.45, 7) is 2.78. The summed E-state index contributed by atoms with van der Waals surface area (Å²) in [7, 11) is 1.56. The number of phenols is 1. The van der Waals surface area contributed by atoms with E-state index in [9.17, 15) is 9.90 Å². The van der Waals surface area contributed by atoms with Crippen LogP contribution in [-0.2, 0) is 26.1 Å². The van der Waals surface area contributed by atoms with E-state index >= 15 is 0 Å². The number of carbonyl (C=O) groups excluding carboxylic acids is 1. The van der Waals surface area contributed by atoms with Gasteiger partial charge in [0.2, 0.25) is 0 Å². The fourth-order valence-electron chi connectivity index (χ4n) is 4.01. The van der Waals surface area contributed by atoms with Crippen LogP contribution < -0.4 is 10.1 Å². The maximum atomic E-state index is 12.6. The third-order valence-electron chi connectivity index (χ3n) is 5.74. The largest absolute Gasteiger partial charge is 0.504 e. The number of hydrogen-bond acceptors (Lipinski definition) is 4. The number of benzene rings is 3. The molecule has 0 bridgehead atoms. The third-order valence-corrected chi connectivity index (χ3v) is 6.56. The number of amides is 1. The van der Waals surface area contributed by atoms with Crippen LogP contribution in [-0.4, -0.2) is 29.6 Å². The highest BCUT2D eigenvalue weighted by Gasteiger charge is 2.20. The molecule has 3 aromatic carbocycles. The number of nitrogens with zero attached hydrogens (tertiary/aromatic N) is 1. The lowest BCUT2D eigenvalue weighted by molar-refractivity contribution is 0.0951. The molecule has 1 heterocycles. The van der Waals surface area contributed by atoms with Gasteiger partial charge in [0.05, 0.1) is 22.7 Å². The number of phenolic OH excluding ortho intramolecular Hbond substituents is 1. The quantitative estimate of drug-likeness (QED) is 0.519. The van der Waals surface area contributed by atoms with Gasteiger partial charge in [-0.15, -0.1) is 0 Å². The van der Waals surface area contributed by atoms with Crippen molar-refractivity contribution in [1.82, 2.24) is 10.2 Å². The number of aromatic hydroxyl groups is 1. The minimum Gasteiger partial charge on any atom is -0.504 e. The van der Waals surface area contributed by atoms with Gasteiger partial charge in [0.15, 0.2) is 11.5 Å². The molecule has 2 N–H and O–H groups in total. The summed E-state index contributed by atoms with van der Waals surface area (Å²) in [5.41, 5.74) is 4.86. The number of nitrogens with one attached hydrogen (secondary N) is 1. The molecule has 0 saturated carbocycles. The molecule has 0 spiro atoms. The van der Waals surface area contributed by atoms with E-state index in [-0.39, 0.29) is 16.7 Å². The van der Waals surface area contributed by atoms with Gasteiger partial charge >= 0.3 is 0 Å². The summed E-state index contributed by atoms with van der Waals surface area (Å²) in [4.78, 5) is 15.0. The highest BCUT2D eigenvalue weighted by molar-refractivity contribution is 6.43. The lowest BCUT2D eigenvalue weighted by atomic mass is 9.97.